The van der Waals surface area contributed by atoms with Gasteiger partial charge in [-0.2, -0.15) is 0 Å². The van der Waals surface area contributed by atoms with Crippen LogP contribution in [0.5, 0.6) is 0 Å². The third-order valence-corrected chi connectivity index (χ3v) is 3.93. The number of nitrogens with one attached hydrogen (secondary N) is 1. The van der Waals surface area contributed by atoms with E-state index in [-0.39, 0.29) is 17.6 Å². The van der Waals surface area contributed by atoms with Crippen molar-refractivity contribution in [2.24, 2.45) is 0 Å². The lowest BCUT2D eigenvalue weighted by molar-refractivity contribution is -0.114. The van der Waals surface area contributed by atoms with Crippen LogP contribution in [0, 0.1) is 5.82 Å². The molecule has 0 saturated heterocycles. The van der Waals surface area contributed by atoms with Crippen LogP contribution in [0.3, 0.4) is 0 Å². The molecule has 0 radical (unpaired) electrons. The van der Waals surface area contributed by atoms with Crippen molar-refractivity contribution in [1.82, 2.24) is 0 Å². The van der Waals surface area contributed by atoms with Crippen molar-refractivity contribution in [3.8, 4) is 0 Å². The van der Waals surface area contributed by atoms with E-state index in [0.29, 0.717) is 18.5 Å². The van der Waals surface area contributed by atoms with Crippen LogP contribution in [0.15, 0.2) is 42.5 Å². The molecule has 0 aromatic heterocycles. The van der Waals surface area contributed by atoms with E-state index in [1.165, 1.54) is 19.1 Å². The molecule has 3 nitrogen and oxygen atoms in total. The molecule has 0 aliphatic heterocycles. The first-order valence-corrected chi connectivity index (χ1v) is 7.22. The van der Waals surface area contributed by atoms with Gasteiger partial charge in [0, 0.05) is 24.6 Å². The Morgan fingerprint density at radius 1 is 1.18 bits per heavy atom. The van der Waals surface area contributed by atoms with Gasteiger partial charge >= 0.3 is 0 Å². The normalized spacial score (nSPS) is 17.0. The molecule has 2 aromatic rings. The fourth-order valence-corrected chi connectivity index (χ4v) is 3.00. The second-order valence-corrected chi connectivity index (χ2v) is 5.64. The Morgan fingerprint density at radius 2 is 1.95 bits per heavy atom. The van der Waals surface area contributed by atoms with Crippen molar-refractivity contribution >= 4 is 17.4 Å². The molecular formula is C18H16FNO2. The highest BCUT2D eigenvalue weighted by atomic mass is 19.1. The molecule has 3 rings (SSSR count). The Balaban J connectivity index is 1.94. The highest BCUT2D eigenvalue weighted by molar-refractivity contribution is 5.99. The van der Waals surface area contributed by atoms with E-state index in [1.54, 1.807) is 6.07 Å². The van der Waals surface area contributed by atoms with Crippen LogP contribution < -0.4 is 5.32 Å². The minimum absolute atomic E-state index is 0.0643. The number of carbonyl (C=O) groups excluding carboxylic acids is 2. The molecule has 4 heteroatoms. The average molecular weight is 297 g/mol. The smallest absolute Gasteiger partial charge is 0.221 e. The highest BCUT2D eigenvalue weighted by Gasteiger charge is 2.26. The van der Waals surface area contributed by atoms with Crippen molar-refractivity contribution in [2.75, 3.05) is 5.32 Å². The lowest BCUT2D eigenvalue weighted by Crippen LogP contribution is -2.19. The number of ketones is 1. The second-order valence-electron chi connectivity index (χ2n) is 5.64. The summed E-state index contributed by atoms with van der Waals surface area (Å²) >= 11 is 0. The Morgan fingerprint density at radius 3 is 2.73 bits per heavy atom. The molecule has 0 spiro atoms. The molecule has 112 valence electrons. The maximum Gasteiger partial charge on any atom is 0.221 e. The quantitative estimate of drug-likeness (QED) is 0.918. The minimum Gasteiger partial charge on any atom is -0.326 e. The van der Waals surface area contributed by atoms with Crippen LogP contribution in [-0.4, -0.2) is 11.7 Å². The molecule has 1 amide bonds. The predicted octanol–water partition coefficient (Wildman–Crippen LogP) is 3.70. The topological polar surface area (TPSA) is 46.2 Å². The maximum atomic E-state index is 13.8. The largest absolute Gasteiger partial charge is 0.326 e. The number of rotatable bonds is 2. The van der Waals surface area contributed by atoms with Crippen molar-refractivity contribution in [3.05, 3.63) is 65.0 Å². The summed E-state index contributed by atoms with van der Waals surface area (Å²) < 4.78 is 13.8. The standard InChI is InChI=1S/C18H16FNO2/c1-11(21)20-16-8-14(7-15(19)10-16)13-6-12-4-2-3-5-17(12)18(22)9-13/h2-5,7-8,10,13H,6,9H2,1H3,(H,20,21). The fourth-order valence-electron chi connectivity index (χ4n) is 3.00. The summed E-state index contributed by atoms with van der Waals surface area (Å²) in [6, 6.07) is 12.0. The third kappa shape index (κ3) is 2.91. The van der Waals surface area contributed by atoms with E-state index in [2.05, 4.69) is 5.32 Å². The van der Waals surface area contributed by atoms with Crippen molar-refractivity contribution in [2.45, 2.75) is 25.7 Å². The monoisotopic (exact) mass is 297 g/mol. The zero-order valence-electron chi connectivity index (χ0n) is 12.2. The number of carbonyl (C=O) groups is 2. The van der Waals surface area contributed by atoms with Crippen molar-refractivity contribution in [1.29, 1.82) is 0 Å². The number of benzene rings is 2. The van der Waals surface area contributed by atoms with Crippen LogP contribution >= 0.6 is 0 Å². The first-order valence-electron chi connectivity index (χ1n) is 7.22. The molecule has 1 aliphatic rings. The van der Waals surface area contributed by atoms with Gasteiger partial charge in [0.15, 0.2) is 5.78 Å². The Hall–Kier alpha value is -2.49. The SMILES string of the molecule is CC(=O)Nc1cc(F)cc(C2CC(=O)c3ccccc3C2)c1. The number of hydrogen-bond acceptors (Lipinski definition) is 2. The first kappa shape index (κ1) is 14.4. The van der Waals surface area contributed by atoms with Crippen LogP contribution in [0.4, 0.5) is 10.1 Å². The van der Waals surface area contributed by atoms with Gasteiger partial charge in [0.25, 0.3) is 0 Å². The third-order valence-electron chi connectivity index (χ3n) is 3.93. The van der Waals surface area contributed by atoms with E-state index in [4.69, 9.17) is 0 Å². The highest BCUT2D eigenvalue weighted by Crippen LogP contribution is 2.34. The summed E-state index contributed by atoms with van der Waals surface area (Å²) in [5, 5.41) is 2.59. The first-order chi connectivity index (χ1) is 10.5. The molecule has 0 bridgehead atoms. The van der Waals surface area contributed by atoms with Gasteiger partial charge < -0.3 is 5.32 Å². The van der Waals surface area contributed by atoms with E-state index < -0.39 is 5.82 Å². The number of Topliss-reactive ketones (excluding diaryl/α,β-unsaturated/α-hetero) is 1. The lowest BCUT2D eigenvalue weighted by atomic mass is 9.79. The molecule has 1 aliphatic carbocycles. The average Bonchev–Trinajstić information content (AvgIpc) is 2.46. The van der Waals surface area contributed by atoms with E-state index >= 15 is 0 Å². The number of amides is 1. The summed E-state index contributed by atoms with van der Waals surface area (Å²) in [7, 11) is 0. The zero-order chi connectivity index (χ0) is 15.7. The van der Waals surface area contributed by atoms with Crippen LogP contribution in [0.2, 0.25) is 0 Å². The molecule has 0 heterocycles. The predicted molar refractivity (Wildman–Crippen MR) is 82.5 cm³/mol. The van der Waals surface area contributed by atoms with Crippen LogP contribution in [-0.2, 0) is 11.2 Å². The van der Waals surface area contributed by atoms with E-state index in [1.807, 2.05) is 24.3 Å². The van der Waals surface area contributed by atoms with Gasteiger partial charge in [0.2, 0.25) is 5.91 Å². The van der Waals surface area contributed by atoms with Gasteiger partial charge in [-0.1, -0.05) is 24.3 Å². The minimum atomic E-state index is -0.410. The summed E-state index contributed by atoms with van der Waals surface area (Å²) in [4.78, 5) is 23.4. The Bertz CT molecular complexity index is 755. The van der Waals surface area contributed by atoms with Crippen molar-refractivity contribution in [3.63, 3.8) is 0 Å². The van der Waals surface area contributed by atoms with E-state index in [9.17, 15) is 14.0 Å². The molecule has 1 unspecified atom stereocenters. The van der Waals surface area contributed by atoms with Gasteiger partial charge in [-0.15, -0.1) is 0 Å². The van der Waals surface area contributed by atoms with Gasteiger partial charge in [-0.25, -0.2) is 4.39 Å². The summed E-state index contributed by atoms with van der Waals surface area (Å²) in [5.74, 6) is -0.642. The Kier molecular flexibility index (Phi) is 3.75. The second kappa shape index (κ2) is 5.72. The summed E-state index contributed by atoms with van der Waals surface area (Å²) in [6.45, 7) is 1.38. The van der Waals surface area contributed by atoms with E-state index in [0.717, 1.165) is 16.7 Å². The Labute approximate surface area is 128 Å². The van der Waals surface area contributed by atoms with Gasteiger partial charge in [-0.05, 0) is 41.7 Å². The number of fused-ring (bicyclic) bond motifs is 1. The molecule has 0 fully saturated rings. The molecule has 2 aromatic carbocycles. The summed E-state index contributed by atoms with van der Waals surface area (Å²) in [5.41, 5.74) is 2.92. The molecule has 1 atom stereocenters. The van der Waals surface area contributed by atoms with Gasteiger partial charge in [0.05, 0.1) is 0 Å². The number of anilines is 1. The molecule has 22 heavy (non-hydrogen) atoms. The van der Waals surface area contributed by atoms with Crippen molar-refractivity contribution < 1.29 is 14.0 Å². The lowest BCUT2D eigenvalue weighted by Gasteiger charge is -2.24. The number of halogens is 1. The molecule has 0 saturated carbocycles. The fraction of sp³-hybridized carbons (Fsp3) is 0.222. The van der Waals surface area contributed by atoms with Crippen LogP contribution in [0.25, 0.3) is 0 Å². The number of hydrogen-bond donors (Lipinski definition) is 1. The summed E-state index contributed by atoms with van der Waals surface area (Å²) in [6.07, 6.45) is 1.06. The molecule has 1 N–H and O–H groups in total. The maximum absolute atomic E-state index is 13.8. The van der Waals surface area contributed by atoms with Gasteiger partial charge in [0.1, 0.15) is 5.82 Å². The van der Waals surface area contributed by atoms with Gasteiger partial charge in [-0.3, -0.25) is 9.59 Å². The molecular weight excluding hydrogens is 281 g/mol. The van der Waals surface area contributed by atoms with Crippen LogP contribution in [0.1, 0.15) is 40.7 Å². The zero-order valence-corrected chi connectivity index (χ0v) is 12.2.